The number of likely N-dealkylation sites (N-methyl/N-ethyl adjacent to an activating group) is 1. The van der Waals surface area contributed by atoms with Gasteiger partial charge in [0.2, 0.25) is 0 Å². The molecule has 1 rings (SSSR count). The van der Waals surface area contributed by atoms with Crippen LogP contribution in [0.5, 0.6) is 0 Å². The van der Waals surface area contributed by atoms with E-state index in [-0.39, 0.29) is 5.41 Å². The molecule has 13 heavy (non-hydrogen) atoms. The largest absolute Gasteiger partial charge is 0.314 e. The van der Waals surface area contributed by atoms with Gasteiger partial charge in [0.1, 0.15) is 0 Å². The van der Waals surface area contributed by atoms with Gasteiger partial charge in [-0.05, 0) is 5.56 Å². The van der Waals surface area contributed by atoms with Crippen LogP contribution in [0.15, 0.2) is 30.3 Å². The normalized spacial score (nSPS) is 12.1. The van der Waals surface area contributed by atoms with E-state index in [4.69, 9.17) is 0 Å². The maximum atomic E-state index is 9.18. The summed E-state index contributed by atoms with van der Waals surface area (Å²) in [6.45, 7) is 4.88. The van der Waals surface area contributed by atoms with Crippen LogP contribution in [0.4, 0.5) is 0 Å². The van der Waals surface area contributed by atoms with Crippen molar-refractivity contribution in [3.63, 3.8) is 0 Å². The Morgan fingerprint density at radius 1 is 1.23 bits per heavy atom. The average Bonchev–Trinajstić information content (AvgIpc) is 2.04. The minimum absolute atomic E-state index is 0.00917. The molecule has 2 heteroatoms. The molecular weight excluding hydrogens is 162 g/mol. The van der Waals surface area contributed by atoms with Gasteiger partial charge in [-0.3, -0.25) is 0 Å². The Morgan fingerprint density at radius 2 is 1.77 bits per heavy atom. The van der Waals surface area contributed by atoms with Gasteiger partial charge in [-0.15, -0.1) is 0 Å². The van der Waals surface area contributed by atoms with Crippen molar-refractivity contribution in [2.45, 2.75) is 19.3 Å². The molecule has 0 aliphatic heterocycles. The number of hydroxylamine groups is 2. The first kappa shape index (κ1) is 10.2. The van der Waals surface area contributed by atoms with Crippen molar-refractivity contribution in [2.75, 3.05) is 13.6 Å². The quantitative estimate of drug-likeness (QED) is 0.720. The Kier molecular flexibility index (Phi) is 3.07. The van der Waals surface area contributed by atoms with Crippen molar-refractivity contribution in [3.05, 3.63) is 35.9 Å². The highest BCUT2D eigenvalue weighted by Crippen LogP contribution is 2.22. The summed E-state index contributed by atoms with van der Waals surface area (Å²) in [7, 11) is 1.67. The molecule has 1 aromatic rings. The van der Waals surface area contributed by atoms with Crippen molar-refractivity contribution in [1.82, 2.24) is 5.06 Å². The molecule has 0 unspecified atom stereocenters. The molecule has 0 aliphatic carbocycles. The predicted octanol–water partition coefficient (Wildman–Crippen LogP) is 2.29. The topological polar surface area (TPSA) is 23.5 Å². The van der Waals surface area contributed by atoms with Crippen molar-refractivity contribution >= 4 is 0 Å². The first-order chi connectivity index (χ1) is 6.02. The van der Waals surface area contributed by atoms with E-state index in [2.05, 4.69) is 26.0 Å². The van der Waals surface area contributed by atoms with Crippen LogP contribution < -0.4 is 0 Å². The number of benzene rings is 1. The SMILES string of the molecule is CN(O)CC(C)(C)c1ccccc1. The second-order valence-corrected chi connectivity index (χ2v) is 4.07. The van der Waals surface area contributed by atoms with Crippen molar-refractivity contribution in [2.24, 2.45) is 0 Å². The fourth-order valence-electron chi connectivity index (χ4n) is 1.55. The third-order valence-corrected chi connectivity index (χ3v) is 2.18. The summed E-state index contributed by atoms with van der Waals surface area (Å²) in [4.78, 5) is 0. The van der Waals surface area contributed by atoms with Gasteiger partial charge in [0.15, 0.2) is 0 Å². The van der Waals surface area contributed by atoms with Gasteiger partial charge in [-0.2, -0.15) is 5.06 Å². The molecule has 0 saturated carbocycles. The van der Waals surface area contributed by atoms with E-state index < -0.39 is 0 Å². The standard InChI is InChI=1S/C11H17NO/c1-11(2,9-12(3)13)10-7-5-4-6-8-10/h4-8,13H,9H2,1-3H3. The van der Waals surface area contributed by atoms with Crippen LogP contribution in [0.2, 0.25) is 0 Å². The maximum absolute atomic E-state index is 9.18. The first-order valence-electron chi connectivity index (χ1n) is 4.48. The van der Waals surface area contributed by atoms with E-state index in [0.29, 0.717) is 6.54 Å². The van der Waals surface area contributed by atoms with Crippen LogP contribution >= 0.6 is 0 Å². The summed E-state index contributed by atoms with van der Waals surface area (Å²) in [6.07, 6.45) is 0. The van der Waals surface area contributed by atoms with Crippen LogP contribution in [0.25, 0.3) is 0 Å². The second-order valence-electron chi connectivity index (χ2n) is 4.07. The molecule has 0 aliphatic rings. The van der Waals surface area contributed by atoms with E-state index in [9.17, 15) is 5.21 Å². The molecule has 0 heterocycles. The molecule has 0 bridgehead atoms. The third-order valence-electron chi connectivity index (χ3n) is 2.18. The monoisotopic (exact) mass is 179 g/mol. The molecule has 0 aromatic heterocycles. The molecule has 72 valence electrons. The van der Waals surface area contributed by atoms with E-state index >= 15 is 0 Å². The van der Waals surface area contributed by atoms with Crippen LogP contribution in [0.3, 0.4) is 0 Å². The number of hydrogen-bond acceptors (Lipinski definition) is 2. The van der Waals surface area contributed by atoms with Crippen molar-refractivity contribution in [1.29, 1.82) is 0 Å². The first-order valence-corrected chi connectivity index (χ1v) is 4.48. The van der Waals surface area contributed by atoms with E-state index in [1.807, 2.05) is 18.2 Å². The summed E-state index contributed by atoms with van der Waals surface area (Å²) in [5, 5.41) is 10.4. The summed E-state index contributed by atoms with van der Waals surface area (Å²) in [5.41, 5.74) is 1.24. The zero-order valence-corrected chi connectivity index (χ0v) is 8.49. The van der Waals surface area contributed by atoms with Gasteiger partial charge < -0.3 is 5.21 Å². The summed E-state index contributed by atoms with van der Waals surface area (Å²) >= 11 is 0. The molecule has 0 saturated heterocycles. The maximum Gasteiger partial charge on any atom is 0.0326 e. The van der Waals surface area contributed by atoms with Crippen LogP contribution in [0.1, 0.15) is 19.4 Å². The Bertz CT molecular complexity index is 254. The summed E-state index contributed by atoms with van der Waals surface area (Å²) < 4.78 is 0. The summed E-state index contributed by atoms with van der Waals surface area (Å²) in [6, 6.07) is 10.2. The van der Waals surface area contributed by atoms with Crippen LogP contribution in [-0.2, 0) is 5.41 Å². The Morgan fingerprint density at radius 3 is 2.23 bits per heavy atom. The highest BCUT2D eigenvalue weighted by atomic mass is 16.5. The molecule has 0 atom stereocenters. The number of nitrogens with zero attached hydrogens (tertiary/aromatic N) is 1. The van der Waals surface area contributed by atoms with E-state index in [1.165, 1.54) is 10.6 Å². The lowest BCUT2D eigenvalue weighted by Gasteiger charge is -2.27. The Hall–Kier alpha value is -0.860. The van der Waals surface area contributed by atoms with Gasteiger partial charge in [0.25, 0.3) is 0 Å². The summed E-state index contributed by atoms with van der Waals surface area (Å²) in [5.74, 6) is 0. The van der Waals surface area contributed by atoms with Gasteiger partial charge in [0.05, 0.1) is 0 Å². The van der Waals surface area contributed by atoms with E-state index in [1.54, 1.807) is 7.05 Å². The second kappa shape index (κ2) is 3.90. The lowest BCUT2D eigenvalue weighted by atomic mass is 9.85. The van der Waals surface area contributed by atoms with Crippen LogP contribution in [-0.4, -0.2) is 23.9 Å². The smallest absolute Gasteiger partial charge is 0.0326 e. The molecule has 0 fully saturated rings. The Balaban J connectivity index is 2.81. The fourth-order valence-corrected chi connectivity index (χ4v) is 1.55. The molecule has 1 aromatic carbocycles. The van der Waals surface area contributed by atoms with Crippen molar-refractivity contribution < 1.29 is 5.21 Å². The molecule has 2 nitrogen and oxygen atoms in total. The van der Waals surface area contributed by atoms with Gasteiger partial charge >= 0.3 is 0 Å². The molecule has 0 amide bonds. The fraction of sp³-hybridized carbons (Fsp3) is 0.455. The van der Waals surface area contributed by atoms with Crippen molar-refractivity contribution in [3.8, 4) is 0 Å². The number of hydrogen-bond donors (Lipinski definition) is 1. The zero-order chi connectivity index (χ0) is 9.90. The molecule has 1 N–H and O–H groups in total. The van der Waals surface area contributed by atoms with Gasteiger partial charge in [-0.1, -0.05) is 44.2 Å². The highest BCUT2D eigenvalue weighted by Gasteiger charge is 2.21. The third kappa shape index (κ3) is 2.83. The molecular formula is C11H17NO. The van der Waals surface area contributed by atoms with Gasteiger partial charge in [-0.25, -0.2) is 0 Å². The lowest BCUT2D eigenvalue weighted by Crippen LogP contribution is -2.32. The minimum Gasteiger partial charge on any atom is -0.314 e. The van der Waals surface area contributed by atoms with E-state index in [0.717, 1.165) is 0 Å². The molecule has 0 radical (unpaired) electrons. The lowest BCUT2D eigenvalue weighted by molar-refractivity contribution is -0.0776. The Labute approximate surface area is 79.8 Å². The van der Waals surface area contributed by atoms with Crippen LogP contribution in [0, 0.1) is 0 Å². The van der Waals surface area contributed by atoms with Gasteiger partial charge in [0, 0.05) is 19.0 Å². The molecule has 0 spiro atoms. The minimum atomic E-state index is -0.00917. The predicted molar refractivity (Wildman–Crippen MR) is 53.9 cm³/mol. The average molecular weight is 179 g/mol. The zero-order valence-electron chi connectivity index (χ0n) is 8.49. The number of rotatable bonds is 3. The highest BCUT2D eigenvalue weighted by molar-refractivity contribution is 5.23.